The van der Waals surface area contributed by atoms with Crippen molar-refractivity contribution in [3.05, 3.63) is 59.5 Å². The van der Waals surface area contributed by atoms with E-state index in [1.54, 1.807) is 37.4 Å². The van der Waals surface area contributed by atoms with Crippen molar-refractivity contribution in [2.75, 3.05) is 18.0 Å². The molecule has 6 nitrogen and oxygen atoms in total. The Morgan fingerprint density at radius 3 is 2.70 bits per heavy atom. The van der Waals surface area contributed by atoms with Gasteiger partial charge in [-0.1, -0.05) is 30.3 Å². The minimum absolute atomic E-state index is 0.181. The number of halogens is 2. The number of pyridine rings is 1. The summed E-state index contributed by atoms with van der Waals surface area (Å²) >= 11 is 0. The van der Waals surface area contributed by atoms with Gasteiger partial charge in [-0.15, -0.1) is 5.10 Å². The molecule has 1 saturated heterocycles. The van der Waals surface area contributed by atoms with Crippen LogP contribution < -0.4 is 4.90 Å². The predicted octanol–water partition coefficient (Wildman–Crippen LogP) is 3.15. The molecule has 1 N–H and O–H groups in total. The third kappa shape index (κ3) is 2.81. The molecule has 1 aromatic carbocycles. The zero-order valence-corrected chi connectivity index (χ0v) is 14.6. The van der Waals surface area contributed by atoms with E-state index < -0.39 is 17.8 Å². The summed E-state index contributed by atoms with van der Waals surface area (Å²) in [5.41, 5.74) is 1.31. The summed E-state index contributed by atoms with van der Waals surface area (Å²) in [4.78, 5) is 17.0. The number of benzene rings is 1. The van der Waals surface area contributed by atoms with Gasteiger partial charge in [-0.3, -0.25) is 0 Å². The lowest BCUT2D eigenvalue weighted by Gasteiger charge is -2.29. The number of carboxylic acid groups (broad SMARTS) is 1. The zero-order valence-electron chi connectivity index (χ0n) is 14.6. The van der Waals surface area contributed by atoms with E-state index in [0.717, 1.165) is 11.3 Å². The molecule has 0 radical (unpaired) electrons. The summed E-state index contributed by atoms with van der Waals surface area (Å²) in [5, 5.41) is 13.0. The molecule has 0 unspecified atom stereocenters. The van der Waals surface area contributed by atoms with Crippen LogP contribution in [0.1, 0.15) is 28.2 Å². The molecule has 0 spiro atoms. The van der Waals surface area contributed by atoms with E-state index in [-0.39, 0.29) is 12.4 Å². The van der Waals surface area contributed by atoms with Crippen LogP contribution in [0.3, 0.4) is 0 Å². The average molecular weight is 372 g/mol. The number of rotatable bonds is 4. The second-order valence-corrected chi connectivity index (χ2v) is 6.88. The highest BCUT2D eigenvalue weighted by atomic mass is 19.3. The number of fused-ring (bicyclic) bond motifs is 1. The van der Waals surface area contributed by atoms with Crippen LogP contribution in [0.4, 0.5) is 14.5 Å². The van der Waals surface area contributed by atoms with E-state index in [4.69, 9.17) is 5.11 Å². The van der Waals surface area contributed by atoms with Crippen LogP contribution in [0.25, 0.3) is 5.65 Å². The second kappa shape index (κ2) is 6.29. The normalized spacial score (nSPS) is 19.9. The van der Waals surface area contributed by atoms with Crippen LogP contribution in [0.2, 0.25) is 0 Å². The SMILES string of the molecule is Cc1cc(N2CC[C@](c3ccccc3)(C(F)F)C2)cn2nc(C(=O)O)nc12. The molecule has 4 rings (SSSR count). The topological polar surface area (TPSA) is 70.7 Å². The molecule has 27 heavy (non-hydrogen) atoms. The Bertz CT molecular complexity index is 1010. The number of carboxylic acids is 1. The van der Waals surface area contributed by atoms with Gasteiger partial charge in [0, 0.05) is 13.1 Å². The van der Waals surface area contributed by atoms with Gasteiger partial charge in [-0.25, -0.2) is 23.1 Å². The molecule has 3 heterocycles. The molecule has 0 aliphatic carbocycles. The van der Waals surface area contributed by atoms with Gasteiger partial charge < -0.3 is 10.0 Å². The molecular formula is C19H18F2N4O2. The number of hydrogen-bond acceptors (Lipinski definition) is 4. The molecule has 1 atom stereocenters. The molecule has 2 aromatic heterocycles. The maximum atomic E-state index is 14.1. The second-order valence-electron chi connectivity index (χ2n) is 6.88. The summed E-state index contributed by atoms with van der Waals surface area (Å²) in [7, 11) is 0. The average Bonchev–Trinajstić information content (AvgIpc) is 3.28. The third-order valence-electron chi connectivity index (χ3n) is 5.23. The van der Waals surface area contributed by atoms with Crippen molar-refractivity contribution in [3.63, 3.8) is 0 Å². The Balaban J connectivity index is 1.71. The summed E-state index contributed by atoms with van der Waals surface area (Å²) < 4.78 is 29.6. The molecule has 0 bridgehead atoms. The van der Waals surface area contributed by atoms with Crippen molar-refractivity contribution in [1.82, 2.24) is 14.6 Å². The van der Waals surface area contributed by atoms with Gasteiger partial charge in [0.05, 0.1) is 17.3 Å². The van der Waals surface area contributed by atoms with E-state index >= 15 is 0 Å². The van der Waals surface area contributed by atoms with Crippen molar-refractivity contribution < 1.29 is 18.7 Å². The van der Waals surface area contributed by atoms with Crippen LogP contribution in [-0.2, 0) is 5.41 Å². The van der Waals surface area contributed by atoms with E-state index in [1.165, 1.54) is 4.52 Å². The highest BCUT2D eigenvalue weighted by molar-refractivity contribution is 5.84. The summed E-state index contributed by atoms with van der Waals surface area (Å²) in [6.45, 7) is 2.46. The first-order chi connectivity index (χ1) is 12.9. The van der Waals surface area contributed by atoms with Crippen molar-refractivity contribution >= 4 is 17.3 Å². The summed E-state index contributed by atoms with van der Waals surface area (Å²) in [6.07, 6.45) is -0.502. The van der Waals surface area contributed by atoms with E-state index in [9.17, 15) is 13.6 Å². The minimum Gasteiger partial charge on any atom is -0.475 e. The maximum Gasteiger partial charge on any atom is 0.375 e. The van der Waals surface area contributed by atoms with E-state index in [2.05, 4.69) is 10.1 Å². The molecule has 8 heteroatoms. The first-order valence-electron chi connectivity index (χ1n) is 8.60. The van der Waals surface area contributed by atoms with Crippen molar-refractivity contribution in [3.8, 4) is 0 Å². The van der Waals surface area contributed by atoms with E-state index in [1.807, 2.05) is 17.0 Å². The Morgan fingerprint density at radius 1 is 1.30 bits per heavy atom. The van der Waals surface area contributed by atoms with Gasteiger partial charge in [-0.2, -0.15) is 0 Å². The molecular weight excluding hydrogens is 354 g/mol. The zero-order chi connectivity index (χ0) is 19.2. The number of anilines is 1. The standard InChI is InChI=1S/C19H18F2N4O2/c1-12-9-14(10-25-16(12)22-15(23-25)17(26)27)24-8-7-19(11-24,18(20)21)13-5-3-2-4-6-13/h2-6,9-10,18H,7-8,11H2,1H3,(H,26,27)/t19-/m0/s1. The highest BCUT2D eigenvalue weighted by Gasteiger charge is 2.47. The fraction of sp³-hybridized carbons (Fsp3) is 0.316. The van der Waals surface area contributed by atoms with Gasteiger partial charge in [0.1, 0.15) is 0 Å². The minimum atomic E-state index is -2.49. The van der Waals surface area contributed by atoms with Gasteiger partial charge in [0.15, 0.2) is 5.65 Å². The molecule has 140 valence electrons. The number of aromatic nitrogens is 3. The summed E-state index contributed by atoms with van der Waals surface area (Å²) in [6, 6.07) is 10.7. The molecule has 3 aromatic rings. The monoisotopic (exact) mass is 372 g/mol. The molecule has 1 aliphatic rings. The quantitative estimate of drug-likeness (QED) is 0.762. The van der Waals surface area contributed by atoms with Crippen LogP contribution in [0.15, 0.2) is 42.6 Å². The van der Waals surface area contributed by atoms with Crippen molar-refractivity contribution in [2.45, 2.75) is 25.2 Å². The Hall–Kier alpha value is -3.03. The fourth-order valence-corrected chi connectivity index (χ4v) is 3.76. The molecule has 0 saturated carbocycles. The number of nitrogens with zero attached hydrogens (tertiary/aromatic N) is 4. The largest absolute Gasteiger partial charge is 0.475 e. The number of alkyl halides is 2. The fourth-order valence-electron chi connectivity index (χ4n) is 3.76. The first-order valence-corrected chi connectivity index (χ1v) is 8.60. The molecule has 1 fully saturated rings. The predicted molar refractivity (Wildman–Crippen MR) is 95.6 cm³/mol. The smallest absolute Gasteiger partial charge is 0.375 e. The Labute approximate surface area is 154 Å². The van der Waals surface area contributed by atoms with Crippen molar-refractivity contribution in [2.24, 2.45) is 0 Å². The maximum absolute atomic E-state index is 14.1. The molecule has 1 aliphatic heterocycles. The van der Waals surface area contributed by atoms with Crippen LogP contribution in [-0.4, -0.2) is 45.2 Å². The van der Waals surface area contributed by atoms with Gasteiger partial charge in [0.25, 0.3) is 5.82 Å². The highest BCUT2D eigenvalue weighted by Crippen LogP contribution is 2.41. The third-order valence-corrected chi connectivity index (χ3v) is 5.23. The van der Waals surface area contributed by atoms with Gasteiger partial charge in [-0.05, 0) is 30.5 Å². The molecule has 0 amide bonds. The first kappa shape index (κ1) is 17.4. The van der Waals surface area contributed by atoms with Crippen LogP contribution in [0, 0.1) is 6.92 Å². The van der Waals surface area contributed by atoms with Crippen LogP contribution in [0.5, 0.6) is 0 Å². The van der Waals surface area contributed by atoms with Gasteiger partial charge >= 0.3 is 5.97 Å². The van der Waals surface area contributed by atoms with Crippen LogP contribution >= 0.6 is 0 Å². The van der Waals surface area contributed by atoms with E-state index in [0.29, 0.717) is 24.2 Å². The number of hydrogen-bond donors (Lipinski definition) is 1. The number of aromatic carboxylic acids is 1. The summed E-state index contributed by atoms with van der Waals surface area (Å²) in [5.74, 6) is -1.50. The lowest BCUT2D eigenvalue weighted by atomic mass is 9.80. The van der Waals surface area contributed by atoms with Crippen molar-refractivity contribution in [1.29, 1.82) is 0 Å². The number of carbonyl (C=O) groups is 1. The lowest BCUT2D eigenvalue weighted by molar-refractivity contribution is 0.0606. The number of aryl methyl sites for hydroxylation is 1. The lowest BCUT2D eigenvalue weighted by Crippen LogP contribution is -2.38. The Kier molecular flexibility index (Phi) is 4.05. The van der Waals surface area contributed by atoms with Gasteiger partial charge in [0.2, 0.25) is 6.43 Å². The Morgan fingerprint density at radius 2 is 2.04 bits per heavy atom.